The van der Waals surface area contributed by atoms with Crippen LogP contribution in [0.1, 0.15) is 5.56 Å². The number of pyridine rings is 1. The molecule has 0 aliphatic heterocycles. The molecule has 0 fully saturated rings. The predicted octanol–water partition coefficient (Wildman–Crippen LogP) is 2.67. The first-order valence-electron chi connectivity index (χ1n) is 6.53. The van der Waals surface area contributed by atoms with Gasteiger partial charge in [0.15, 0.2) is 0 Å². The largest absolute Gasteiger partial charge is 0.265 e. The molecule has 4 nitrogen and oxygen atoms in total. The summed E-state index contributed by atoms with van der Waals surface area (Å²) in [6, 6.07) is 10.8. The Bertz CT molecular complexity index is 671. The van der Waals surface area contributed by atoms with Crippen molar-refractivity contribution < 1.29 is 8.42 Å². The zero-order valence-electron chi connectivity index (χ0n) is 12.1. The molecule has 0 amide bonds. The molecule has 0 saturated heterocycles. The molecule has 0 aliphatic carbocycles. The van der Waals surface area contributed by atoms with Gasteiger partial charge in [0.05, 0.1) is 4.90 Å². The number of likely N-dealkylation sites (N-methyl/N-ethyl adjacent to an activating group) is 1. The molecule has 0 bridgehead atoms. The Morgan fingerprint density at radius 3 is 2.29 bits per heavy atom. The van der Waals surface area contributed by atoms with Crippen molar-refractivity contribution in [2.24, 2.45) is 0 Å². The second-order valence-corrected chi connectivity index (χ2v) is 7.53. The van der Waals surface area contributed by atoms with Gasteiger partial charge in [-0.2, -0.15) is 0 Å². The summed E-state index contributed by atoms with van der Waals surface area (Å²) in [7, 11) is -1.82. The Kier molecular flexibility index (Phi) is 5.39. The van der Waals surface area contributed by atoms with Crippen molar-refractivity contribution >= 4 is 21.8 Å². The standard InChI is InChI=1S/C15H18N2O2S2/c1-17(12-9-13-7-10-16-11-8-13)21(18,19)15-5-3-14(20-2)4-6-15/h3-8,10-11H,9,12H2,1-2H3. The molecule has 1 aromatic carbocycles. The van der Waals surface area contributed by atoms with E-state index >= 15 is 0 Å². The number of hydrogen-bond acceptors (Lipinski definition) is 4. The van der Waals surface area contributed by atoms with Crippen molar-refractivity contribution in [3.63, 3.8) is 0 Å². The molecule has 2 rings (SSSR count). The molecule has 6 heteroatoms. The number of benzene rings is 1. The van der Waals surface area contributed by atoms with E-state index in [-0.39, 0.29) is 0 Å². The normalized spacial score (nSPS) is 11.8. The molecule has 0 saturated carbocycles. The van der Waals surface area contributed by atoms with Gasteiger partial charge in [0, 0.05) is 30.9 Å². The van der Waals surface area contributed by atoms with Gasteiger partial charge in [0.1, 0.15) is 0 Å². The van der Waals surface area contributed by atoms with Gasteiger partial charge in [0.2, 0.25) is 10.0 Å². The number of aromatic nitrogens is 1. The quantitative estimate of drug-likeness (QED) is 0.767. The minimum absolute atomic E-state index is 0.331. The van der Waals surface area contributed by atoms with Crippen LogP contribution in [-0.4, -0.2) is 37.6 Å². The Balaban J connectivity index is 2.07. The zero-order chi connectivity index (χ0) is 15.3. The Labute approximate surface area is 130 Å². The van der Waals surface area contributed by atoms with E-state index in [1.807, 2.05) is 30.5 Å². The van der Waals surface area contributed by atoms with Gasteiger partial charge < -0.3 is 0 Å². The van der Waals surface area contributed by atoms with Crippen LogP contribution < -0.4 is 0 Å². The highest BCUT2D eigenvalue weighted by Crippen LogP contribution is 2.20. The molecule has 0 atom stereocenters. The summed E-state index contributed by atoms with van der Waals surface area (Å²) < 4.78 is 26.3. The van der Waals surface area contributed by atoms with Crippen LogP contribution in [0.25, 0.3) is 0 Å². The van der Waals surface area contributed by atoms with Crippen LogP contribution in [0, 0.1) is 0 Å². The fourth-order valence-corrected chi connectivity index (χ4v) is 3.46. The lowest BCUT2D eigenvalue weighted by Crippen LogP contribution is -2.29. The smallest absolute Gasteiger partial charge is 0.242 e. The zero-order valence-corrected chi connectivity index (χ0v) is 13.7. The van der Waals surface area contributed by atoms with Gasteiger partial charge in [-0.25, -0.2) is 12.7 Å². The highest BCUT2D eigenvalue weighted by Gasteiger charge is 2.20. The average Bonchev–Trinajstić information content (AvgIpc) is 2.53. The van der Waals surface area contributed by atoms with Gasteiger partial charge in [-0.15, -0.1) is 11.8 Å². The molecule has 0 radical (unpaired) electrons. The summed E-state index contributed by atoms with van der Waals surface area (Å²) >= 11 is 1.59. The van der Waals surface area contributed by atoms with Crippen molar-refractivity contribution in [1.82, 2.24) is 9.29 Å². The van der Waals surface area contributed by atoms with Crippen LogP contribution in [0.2, 0.25) is 0 Å². The summed E-state index contributed by atoms with van der Waals surface area (Å²) in [4.78, 5) is 5.33. The van der Waals surface area contributed by atoms with E-state index in [1.165, 1.54) is 4.31 Å². The van der Waals surface area contributed by atoms with E-state index in [9.17, 15) is 8.42 Å². The van der Waals surface area contributed by atoms with Crippen LogP contribution in [0.3, 0.4) is 0 Å². The third-order valence-electron chi connectivity index (χ3n) is 3.23. The lowest BCUT2D eigenvalue weighted by Gasteiger charge is -2.17. The summed E-state index contributed by atoms with van der Waals surface area (Å²) in [6.07, 6.45) is 6.06. The van der Waals surface area contributed by atoms with E-state index in [0.717, 1.165) is 10.5 Å². The molecule has 0 N–H and O–H groups in total. The molecule has 112 valence electrons. The van der Waals surface area contributed by atoms with Crippen molar-refractivity contribution in [3.05, 3.63) is 54.4 Å². The molecule has 1 heterocycles. The maximum atomic E-state index is 12.5. The highest BCUT2D eigenvalue weighted by molar-refractivity contribution is 7.98. The summed E-state index contributed by atoms with van der Waals surface area (Å²) in [5.41, 5.74) is 1.07. The van der Waals surface area contributed by atoms with Crippen LogP contribution in [0.4, 0.5) is 0 Å². The van der Waals surface area contributed by atoms with Gasteiger partial charge in [-0.05, 0) is 54.6 Å². The molecule has 0 spiro atoms. The van der Waals surface area contributed by atoms with Crippen LogP contribution in [-0.2, 0) is 16.4 Å². The van der Waals surface area contributed by atoms with E-state index < -0.39 is 10.0 Å². The monoisotopic (exact) mass is 322 g/mol. The van der Waals surface area contributed by atoms with Crippen LogP contribution >= 0.6 is 11.8 Å². The number of thioether (sulfide) groups is 1. The second-order valence-electron chi connectivity index (χ2n) is 4.61. The Morgan fingerprint density at radius 1 is 1.10 bits per heavy atom. The van der Waals surface area contributed by atoms with E-state index in [4.69, 9.17) is 0 Å². The summed E-state index contributed by atoms with van der Waals surface area (Å²) in [5.74, 6) is 0. The molecule has 2 aromatic rings. The molecule has 1 aromatic heterocycles. The van der Waals surface area contributed by atoms with Gasteiger partial charge in [-0.3, -0.25) is 4.98 Å². The predicted molar refractivity (Wildman–Crippen MR) is 86.0 cm³/mol. The Hall–Kier alpha value is -1.37. The molecule has 0 unspecified atom stereocenters. The second kappa shape index (κ2) is 7.06. The number of sulfonamides is 1. The molecule has 0 aliphatic rings. The lowest BCUT2D eigenvalue weighted by molar-refractivity contribution is 0.472. The SMILES string of the molecule is CSc1ccc(S(=O)(=O)N(C)CCc2ccncc2)cc1. The number of rotatable bonds is 6. The number of hydrogen-bond donors (Lipinski definition) is 0. The third-order valence-corrected chi connectivity index (χ3v) is 5.85. The maximum absolute atomic E-state index is 12.5. The van der Waals surface area contributed by atoms with Crippen molar-refractivity contribution in [2.45, 2.75) is 16.2 Å². The van der Waals surface area contributed by atoms with Gasteiger partial charge in [0.25, 0.3) is 0 Å². The lowest BCUT2D eigenvalue weighted by atomic mass is 10.2. The third kappa shape index (κ3) is 4.06. The summed E-state index contributed by atoms with van der Waals surface area (Å²) in [5, 5.41) is 0. The molecular formula is C15H18N2O2S2. The van der Waals surface area contributed by atoms with E-state index in [2.05, 4.69) is 4.98 Å². The minimum Gasteiger partial charge on any atom is -0.265 e. The van der Waals surface area contributed by atoms with E-state index in [1.54, 1.807) is 43.3 Å². The number of nitrogens with zero attached hydrogens (tertiary/aromatic N) is 2. The topological polar surface area (TPSA) is 50.3 Å². The van der Waals surface area contributed by atoms with Crippen molar-refractivity contribution in [2.75, 3.05) is 19.8 Å². The average molecular weight is 322 g/mol. The molecule has 21 heavy (non-hydrogen) atoms. The highest BCUT2D eigenvalue weighted by atomic mass is 32.2. The van der Waals surface area contributed by atoms with Gasteiger partial charge in [-0.1, -0.05) is 0 Å². The summed E-state index contributed by atoms with van der Waals surface area (Å²) in [6.45, 7) is 0.441. The first kappa shape index (κ1) is 16.0. The van der Waals surface area contributed by atoms with Gasteiger partial charge >= 0.3 is 0 Å². The fraction of sp³-hybridized carbons (Fsp3) is 0.267. The van der Waals surface area contributed by atoms with Crippen LogP contribution in [0.15, 0.2) is 58.6 Å². The first-order chi connectivity index (χ1) is 10.0. The fourth-order valence-electron chi connectivity index (χ4n) is 1.88. The molecular weight excluding hydrogens is 304 g/mol. The van der Waals surface area contributed by atoms with Crippen molar-refractivity contribution in [3.8, 4) is 0 Å². The van der Waals surface area contributed by atoms with Crippen molar-refractivity contribution in [1.29, 1.82) is 0 Å². The Morgan fingerprint density at radius 2 is 1.71 bits per heavy atom. The first-order valence-corrected chi connectivity index (χ1v) is 9.20. The maximum Gasteiger partial charge on any atom is 0.242 e. The minimum atomic E-state index is -3.43. The van der Waals surface area contributed by atoms with Crippen LogP contribution in [0.5, 0.6) is 0 Å². The van der Waals surface area contributed by atoms with E-state index in [0.29, 0.717) is 17.9 Å².